The van der Waals surface area contributed by atoms with Crippen molar-refractivity contribution in [3.63, 3.8) is 0 Å². The number of hydrogen-bond donors (Lipinski definition) is 0. The summed E-state index contributed by atoms with van der Waals surface area (Å²) in [6.45, 7) is 1.75. The summed E-state index contributed by atoms with van der Waals surface area (Å²) in [5, 5.41) is 1.04. The lowest BCUT2D eigenvalue weighted by Gasteiger charge is -1.98. The fourth-order valence-corrected chi connectivity index (χ4v) is 2.02. The lowest BCUT2D eigenvalue weighted by atomic mass is 10.2. The van der Waals surface area contributed by atoms with Gasteiger partial charge in [-0.3, -0.25) is 0 Å². The van der Waals surface area contributed by atoms with E-state index in [0.29, 0.717) is 33.4 Å². The third-order valence-corrected chi connectivity index (χ3v) is 2.73. The minimum absolute atomic E-state index is 0.299. The van der Waals surface area contributed by atoms with Crippen molar-refractivity contribution < 1.29 is 8.81 Å². The Morgan fingerprint density at radius 3 is 2.78 bits per heavy atom. The zero-order valence-electron chi connectivity index (χ0n) is 9.45. The second-order valence-corrected chi connectivity index (χ2v) is 4.30. The third-order valence-electron chi connectivity index (χ3n) is 2.54. The van der Waals surface area contributed by atoms with Crippen molar-refractivity contribution in [2.24, 2.45) is 0 Å². The van der Waals surface area contributed by atoms with Gasteiger partial charge in [-0.05, 0) is 31.2 Å². The molecule has 3 rings (SSSR count). The number of rotatable bonds is 1. The molecule has 0 saturated carbocycles. The van der Waals surface area contributed by atoms with E-state index >= 15 is 0 Å². The van der Waals surface area contributed by atoms with Crippen molar-refractivity contribution in [3.05, 3.63) is 47.1 Å². The fraction of sp³-hybridized carbons (Fsp3) is 0.0769. The van der Waals surface area contributed by atoms with Crippen LogP contribution >= 0.6 is 11.6 Å². The number of aromatic nitrogens is 2. The van der Waals surface area contributed by atoms with Gasteiger partial charge in [0.05, 0.1) is 0 Å². The number of furan rings is 1. The highest BCUT2D eigenvalue weighted by Crippen LogP contribution is 2.28. The maximum Gasteiger partial charge on any atom is 0.153 e. The Morgan fingerprint density at radius 2 is 2.00 bits per heavy atom. The number of nitrogens with zero attached hydrogens (tertiary/aromatic N) is 2. The highest BCUT2D eigenvalue weighted by molar-refractivity contribution is 6.29. The molecule has 90 valence electrons. The molecule has 0 radical (unpaired) electrons. The van der Waals surface area contributed by atoms with E-state index in [1.54, 1.807) is 25.1 Å². The molecule has 0 aliphatic carbocycles. The van der Waals surface area contributed by atoms with Crippen LogP contribution in [0.1, 0.15) is 5.82 Å². The highest BCUT2D eigenvalue weighted by atomic mass is 35.5. The van der Waals surface area contributed by atoms with Crippen LogP contribution in [0.5, 0.6) is 0 Å². The van der Waals surface area contributed by atoms with Gasteiger partial charge in [-0.15, -0.1) is 0 Å². The lowest BCUT2D eigenvalue weighted by molar-refractivity contribution is 0.617. The summed E-state index contributed by atoms with van der Waals surface area (Å²) in [4.78, 5) is 8.22. The number of hydrogen-bond acceptors (Lipinski definition) is 3. The first-order valence-electron chi connectivity index (χ1n) is 5.32. The first-order chi connectivity index (χ1) is 8.61. The van der Waals surface area contributed by atoms with Crippen LogP contribution in [0.15, 0.2) is 34.7 Å². The van der Waals surface area contributed by atoms with Crippen molar-refractivity contribution >= 4 is 22.6 Å². The van der Waals surface area contributed by atoms with Crippen molar-refractivity contribution in [1.29, 1.82) is 0 Å². The Balaban J connectivity index is 2.19. The maximum absolute atomic E-state index is 13.1. The van der Waals surface area contributed by atoms with E-state index < -0.39 is 0 Å². The van der Waals surface area contributed by atoms with Gasteiger partial charge in [-0.25, -0.2) is 14.4 Å². The topological polar surface area (TPSA) is 38.9 Å². The summed E-state index contributed by atoms with van der Waals surface area (Å²) >= 11 is 5.87. The standard InChI is InChI=1S/C13H8ClFN2O/c1-7-16-10(6-13(14)17-7)12-5-8-4-9(15)2-3-11(8)18-12/h2-6H,1H3. The van der Waals surface area contributed by atoms with Crippen molar-refractivity contribution in [1.82, 2.24) is 9.97 Å². The molecule has 0 unspecified atom stereocenters. The van der Waals surface area contributed by atoms with Crippen molar-refractivity contribution in [3.8, 4) is 11.5 Å². The third kappa shape index (κ3) is 1.95. The molecule has 5 heteroatoms. The molecule has 2 aromatic heterocycles. The van der Waals surface area contributed by atoms with Crippen LogP contribution in [-0.2, 0) is 0 Å². The second kappa shape index (κ2) is 4.07. The molecule has 3 aromatic rings. The molecule has 0 aliphatic rings. The average Bonchev–Trinajstić information content (AvgIpc) is 2.70. The van der Waals surface area contributed by atoms with Gasteiger partial charge in [0.15, 0.2) is 5.76 Å². The van der Waals surface area contributed by atoms with Crippen LogP contribution in [0.4, 0.5) is 4.39 Å². The summed E-state index contributed by atoms with van der Waals surface area (Å²) in [6.07, 6.45) is 0. The zero-order chi connectivity index (χ0) is 12.7. The van der Waals surface area contributed by atoms with Crippen LogP contribution in [0.3, 0.4) is 0 Å². The Morgan fingerprint density at radius 1 is 1.17 bits per heavy atom. The molecule has 0 aliphatic heterocycles. The Labute approximate surface area is 107 Å². The van der Waals surface area contributed by atoms with Gasteiger partial charge in [-0.1, -0.05) is 11.6 Å². The van der Waals surface area contributed by atoms with Gasteiger partial charge in [0.2, 0.25) is 0 Å². The molecule has 0 spiro atoms. The van der Waals surface area contributed by atoms with Gasteiger partial charge in [-0.2, -0.15) is 0 Å². The van der Waals surface area contributed by atoms with Crippen molar-refractivity contribution in [2.45, 2.75) is 6.92 Å². The molecule has 0 fully saturated rings. The number of fused-ring (bicyclic) bond motifs is 1. The molecule has 0 amide bonds. The normalized spacial score (nSPS) is 11.1. The van der Waals surface area contributed by atoms with E-state index in [1.807, 2.05) is 0 Å². The largest absolute Gasteiger partial charge is 0.454 e. The predicted octanol–water partition coefficient (Wildman–Crippen LogP) is 3.99. The molecule has 0 N–H and O–H groups in total. The van der Waals surface area contributed by atoms with E-state index in [-0.39, 0.29) is 5.82 Å². The van der Waals surface area contributed by atoms with Gasteiger partial charge >= 0.3 is 0 Å². The zero-order valence-corrected chi connectivity index (χ0v) is 10.2. The molecular formula is C13H8ClFN2O. The molecule has 18 heavy (non-hydrogen) atoms. The van der Waals surface area contributed by atoms with Gasteiger partial charge < -0.3 is 4.42 Å². The molecule has 0 atom stereocenters. The molecule has 2 heterocycles. The van der Waals surface area contributed by atoms with E-state index in [0.717, 1.165) is 0 Å². The fourth-order valence-electron chi connectivity index (χ4n) is 1.80. The van der Waals surface area contributed by atoms with Crippen LogP contribution in [0.25, 0.3) is 22.4 Å². The first kappa shape index (κ1) is 11.2. The Kier molecular flexibility index (Phi) is 2.52. The van der Waals surface area contributed by atoms with Crippen LogP contribution in [0.2, 0.25) is 5.15 Å². The van der Waals surface area contributed by atoms with Gasteiger partial charge in [0, 0.05) is 11.5 Å². The summed E-state index contributed by atoms with van der Waals surface area (Å²) < 4.78 is 18.7. The van der Waals surface area contributed by atoms with Crippen molar-refractivity contribution in [2.75, 3.05) is 0 Å². The van der Waals surface area contributed by atoms with Crippen LogP contribution in [0, 0.1) is 12.7 Å². The average molecular weight is 263 g/mol. The minimum atomic E-state index is -0.299. The second-order valence-electron chi connectivity index (χ2n) is 3.92. The number of halogens is 2. The number of aryl methyl sites for hydroxylation is 1. The van der Waals surface area contributed by atoms with Crippen LogP contribution in [-0.4, -0.2) is 9.97 Å². The summed E-state index contributed by atoms with van der Waals surface area (Å²) in [5.74, 6) is 0.805. The summed E-state index contributed by atoms with van der Waals surface area (Å²) in [5.41, 5.74) is 1.20. The predicted molar refractivity (Wildman–Crippen MR) is 66.9 cm³/mol. The van der Waals surface area contributed by atoms with Gasteiger partial charge in [0.1, 0.15) is 28.1 Å². The SMILES string of the molecule is Cc1nc(Cl)cc(-c2cc3cc(F)ccc3o2)n1. The molecule has 1 aromatic carbocycles. The van der Waals surface area contributed by atoms with Gasteiger partial charge in [0.25, 0.3) is 0 Å². The summed E-state index contributed by atoms with van der Waals surface area (Å²) in [6, 6.07) is 7.70. The quantitative estimate of drug-likeness (QED) is 0.623. The monoisotopic (exact) mass is 262 g/mol. The Bertz CT molecular complexity index is 719. The maximum atomic E-state index is 13.1. The van der Waals surface area contributed by atoms with E-state index in [1.165, 1.54) is 12.1 Å². The first-order valence-corrected chi connectivity index (χ1v) is 5.70. The Hall–Kier alpha value is -1.94. The van der Waals surface area contributed by atoms with E-state index in [9.17, 15) is 4.39 Å². The lowest BCUT2D eigenvalue weighted by Crippen LogP contribution is -1.90. The summed E-state index contributed by atoms with van der Waals surface area (Å²) in [7, 11) is 0. The van der Waals surface area contributed by atoms with Crippen LogP contribution < -0.4 is 0 Å². The molecule has 0 bridgehead atoms. The molecule has 0 saturated heterocycles. The van der Waals surface area contributed by atoms with E-state index in [2.05, 4.69) is 9.97 Å². The number of benzene rings is 1. The smallest absolute Gasteiger partial charge is 0.153 e. The minimum Gasteiger partial charge on any atom is -0.454 e. The molecular weight excluding hydrogens is 255 g/mol. The molecule has 3 nitrogen and oxygen atoms in total. The van der Waals surface area contributed by atoms with E-state index in [4.69, 9.17) is 16.0 Å². The highest BCUT2D eigenvalue weighted by Gasteiger charge is 2.10.